The molecule has 3 N–H and O–H groups in total. The molecule has 6 heteroatoms. The first-order valence-corrected chi connectivity index (χ1v) is 6.96. The van der Waals surface area contributed by atoms with Crippen molar-refractivity contribution < 1.29 is 9.53 Å². The number of hydrogen-bond acceptors (Lipinski definition) is 5. The zero-order valence-corrected chi connectivity index (χ0v) is 11.8. The van der Waals surface area contributed by atoms with Crippen molar-refractivity contribution in [2.24, 2.45) is 5.73 Å². The van der Waals surface area contributed by atoms with E-state index in [-0.39, 0.29) is 5.91 Å². The number of methoxy groups -OCH3 is 1. The Morgan fingerprint density at radius 1 is 1.58 bits per heavy atom. The Morgan fingerprint density at radius 2 is 2.37 bits per heavy atom. The molecule has 0 saturated carbocycles. The summed E-state index contributed by atoms with van der Waals surface area (Å²) in [6, 6.07) is 5.13. The number of nitrogens with zero attached hydrogens (tertiary/aromatic N) is 1. The Kier molecular flexibility index (Phi) is 4.34. The molecule has 0 aliphatic rings. The van der Waals surface area contributed by atoms with Gasteiger partial charge in [0.15, 0.2) is 5.13 Å². The smallest absolute Gasteiger partial charge is 0.243 e. The van der Waals surface area contributed by atoms with Crippen molar-refractivity contribution in [3.63, 3.8) is 0 Å². The number of benzene rings is 1. The van der Waals surface area contributed by atoms with Crippen molar-refractivity contribution in [3.8, 4) is 5.75 Å². The SMILES string of the molecule is CCCC(N)C(=O)Nc1nc2ccc(OC)cc2s1. The van der Waals surface area contributed by atoms with E-state index in [1.807, 2.05) is 25.1 Å². The summed E-state index contributed by atoms with van der Waals surface area (Å²) in [5, 5.41) is 3.33. The topological polar surface area (TPSA) is 77.2 Å². The summed E-state index contributed by atoms with van der Waals surface area (Å²) in [7, 11) is 1.62. The van der Waals surface area contributed by atoms with Gasteiger partial charge in [-0.1, -0.05) is 24.7 Å². The lowest BCUT2D eigenvalue weighted by Gasteiger charge is -2.08. The van der Waals surface area contributed by atoms with Gasteiger partial charge in [-0.25, -0.2) is 4.98 Å². The van der Waals surface area contributed by atoms with Gasteiger partial charge in [0.25, 0.3) is 0 Å². The van der Waals surface area contributed by atoms with E-state index in [1.165, 1.54) is 11.3 Å². The molecule has 1 aromatic heterocycles. The zero-order chi connectivity index (χ0) is 13.8. The number of aromatic nitrogens is 1. The van der Waals surface area contributed by atoms with Crippen LogP contribution in [-0.2, 0) is 4.79 Å². The number of fused-ring (bicyclic) bond motifs is 1. The molecular formula is C13H17N3O2S. The summed E-state index contributed by atoms with van der Waals surface area (Å²) in [5.74, 6) is 0.588. The van der Waals surface area contributed by atoms with E-state index in [2.05, 4.69) is 10.3 Å². The molecule has 1 aromatic carbocycles. The highest BCUT2D eigenvalue weighted by atomic mass is 32.1. The Morgan fingerprint density at radius 3 is 3.05 bits per heavy atom. The maximum Gasteiger partial charge on any atom is 0.243 e. The number of anilines is 1. The second-order valence-electron chi connectivity index (χ2n) is 4.24. The van der Waals surface area contributed by atoms with Gasteiger partial charge in [-0.15, -0.1) is 0 Å². The summed E-state index contributed by atoms with van der Waals surface area (Å²) < 4.78 is 6.13. The third-order valence-electron chi connectivity index (χ3n) is 2.76. The van der Waals surface area contributed by atoms with Crippen LogP contribution in [0.15, 0.2) is 18.2 Å². The normalized spacial score (nSPS) is 12.4. The lowest BCUT2D eigenvalue weighted by molar-refractivity contribution is -0.117. The number of nitrogens with one attached hydrogen (secondary N) is 1. The molecule has 5 nitrogen and oxygen atoms in total. The number of ether oxygens (including phenoxy) is 1. The van der Waals surface area contributed by atoms with Crippen LogP contribution in [0.5, 0.6) is 5.75 Å². The van der Waals surface area contributed by atoms with E-state index in [4.69, 9.17) is 10.5 Å². The van der Waals surface area contributed by atoms with Gasteiger partial charge >= 0.3 is 0 Å². The zero-order valence-electron chi connectivity index (χ0n) is 11.0. The van der Waals surface area contributed by atoms with E-state index in [1.54, 1.807) is 7.11 Å². The second-order valence-corrected chi connectivity index (χ2v) is 5.27. The highest BCUT2D eigenvalue weighted by Gasteiger charge is 2.14. The molecule has 0 spiro atoms. The molecule has 0 aliphatic heterocycles. The predicted molar refractivity (Wildman–Crippen MR) is 77.7 cm³/mol. The van der Waals surface area contributed by atoms with Gasteiger partial charge in [-0.3, -0.25) is 4.79 Å². The van der Waals surface area contributed by atoms with Gasteiger partial charge in [0.1, 0.15) is 5.75 Å². The third-order valence-corrected chi connectivity index (χ3v) is 3.70. The summed E-state index contributed by atoms with van der Waals surface area (Å²) in [6.07, 6.45) is 1.55. The summed E-state index contributed by atoms with van der Waals surface area (Å²) >= 11 is 1.41. The monoisotopic (exact) mass is 279 g/mol. The summed E-state index contributed by atoms with van der Waals surface area (Å²) in [4.78, 5) is 16.2. The molecule has 1 atom stereocenters. The number of nitrogens with two attached hydrogens (primary N) is 1. The van der Waals surface area contributed by atoms with Crippen molar-refractivity contribution in [2.45, 2.75) is 25.8 Å². The summed E-state index contributed by atoms with van der Waals surface area (Å²) in [6.45, 7) is 2.00. The molecule has 1 heterocycles. The van der Waals surface area contributed by atoms with E-state index < -0.39 is 6.04 Å². The minimum Gasteiger partial charge on any atom is -0.497 e. The molecule has 1 unspecified atom stereocenters. The van der Waals surface area contributed by atoms with Crippen LogP contribution in [0.1, 0.15) is 19.8 Å². The third kappa shape index (κ3) is 3.21. The minimum atomic E-state index is -0.480. The molecule has 0 saturated heterocycles. The number of carbonyl (C=O) groups is 1. The van der Waals surface area contributed by atoms with Gasteiger partial charge in [0, 0.05) is 0 Å². The van der Waals surface area contributed by atoms with Gasteiger partial charge in [-0.05, 0) is 24.6 Å². The first-order valence-electron chi connectivity index (χ1n) is 6.15. The number of amides is 1. The first-order chi connectivity index (χ1) is 9.13. The van der Waals surface area contributed by atoms with Crippen LogP contribution >= 0.6 is 11.3 Å². The fourth-order valence-corrected chi connectivity index (χ4v) is 2.62. The maximum atomic E-state index is 11.8. The average Bonchev–Trinajstić information content (AvgIpc) is 2.79. The molecule has 2 aromatic rings. The quantitative estimate of drug-likeness (QED) is 0.881. The molecular weight excluding hydrogens is 262 g/mol. The van der Waals surface area contributed by atoms with Crippen LogP contribution < -0.4 is 15.8 Å². The van der Waals surface area contributed by atoms with Crippen LogP contribution in [0.25, 0.3) is 10.2 Å². The molecule has 1 amide bonds. The largest absolute Gasteiger partial charge is 0.497 e. The van der Waals surface area contributed by atoms with Crippen molar-refractivity contribution in [2.75, 3.05) is 12.4 Å². The molecule has 0 bridgehead atoms. The van der Waals surface area contributed by atoms with E-state index >= 15 is 0 Å². The Hall–Kier alpha value is -1.66. The fraction of sp³-hybridized carbons (Fsp3) is 0.385. The Bertz CT molecular complexity index is 582. The molecule has 0 aliphatic carbocycles. The number of carbonyl (C=O) groups excluding carboxylic acids is 1. The molecule has 0 radical (unpaired) electrons. The van der Waals surface area contributed by atoms with Crippen LogP contribution in [0.3, 0.4) is 0 Å². The second kappa shape index (κ2) is 5.99. The average molecular weight is 279 g/mol. The number of hydrogen-bond donors (Lipinski definition) is 2. The predicted octanol–water partition coefficient (Wildman–Crippen LogP) is 2.37. The Labute approximate surface area is 115 Å². The van der Waals surface area contributed by atoms with Crippen molar-refractivity contribution >= 4 is 32.6 Å². The summed E-state index contributed by atoms with van der Waals surface area (Å²) in [5.41, 5.74) is 6.60. The lowest BCUT2D eigenvalue weighted by Crippen LogP contribution is -2.35. The van der Waals surface area contributed by atoms with E-state index in [0.29, 0.717) is 11.6 Å². The fourth-order valence-electron chi connectivity index (χ4n) is 1.73. The van der Waals surface area contributed by atoms with Gasteiger partial charge < -0.3 is 15.8 Å². The molecule has 0 fully saturated rings. The van der Waals surface area contributed by atoms with Crippen molar-refractivity contribution in [3.05, 3.63) is 18.2 Å². The highest BCUT2D eigenvalue weighted by Crippen LogP contribution is 2.29. The standard InChI is InChI=1S/C13H17N3O2S/c1-3-4-9(14)12(17)16-13-15-10-6-5-8(18-2)7-11(10)19-13/h5-7,9H,3-4,14H2,1-2H3,(H,15,16,17). The van der Waals surface area contributed by atoms with Crippen LogP contribution in [0.2, 0.25) is 0 Å². The van der Waals surface area contributed by atoms with Gasteiger partial charge in [0.05, 0.1) is 23.4 Å². The maximum absolute atomic E-state index is 11.8. The highest BCUT2D eigenvalue weighted by molar-refractivity contribution is 7.22. The van der Waals surface area contributed by atoms with E-state index in [9.17, 15) is 4.79 Å². The van der Waals surface area contributed by atoms with E-state index in [0.717, 1.165) is 22.4 Å². The van der Waals surface area contributed by atoms with Crippen LogP contribution in [-0.4, -0.2) is 24.0 Å². The van der Waals surface area contributed by atoms with Crippen molar-refractivity contribution in [1.82, 2.24) is 4.98 Å². The molecule has 2 rings (SSSR count). The first kappa shape index (κ1) is 13.8. The van der Waals surface area contributed by atoms with Crippen LogP contribution in [0.4, 0.5) is 5.13 Å². The number of thiazole rings is 1. The lowest BCUT2D eigenvalue weighted by atomic mass is 10.2. The minimum absolute atomic E-state index is 0.187. The molecule has 102 valence electrons. The van der Waals surface area contributed by atoms with Crippen LogP contribution in [0, 0.1) is 0 Å². The number of rotatable bonds is 5. The van der Waals surface area contributed by atoms with Gasteiger partial charge in [-0.2, -0.15) is 0 Å². The van der Waals surface area contributed by atoms with Gasteiger partial charge in [0.2, 0.25) is 5.91 Å². The Balaban J connectivity index is 2.15. The van der Waals surface area contributed by atoms with Crippen molar-refractivity contribution in [1.29, 1.82) is 0 Å². The molecule has 19 heavy (non-hydrogen) atoms.